The number of nitrogens with zero attached hydrogens (tertiary/aromatic N) is 3. The van der Waals surface area contributed by atoms with Crippen LogP contribution >= 0.6 is 0 Å². The van der Waals surface area contributed by atoms with E-state index in [4.69, 9.17) is 0 Å². The Balaban J connectivity index is 1.51. The molecule has 6 nitrogen and oxygen atoms in total. The summed E-state index contributed by atoms with van der Waals surface area (Å²) in [6.45, 7) is 5.69. The third kappa shape index (κ3) is 3.80. The van der Waals surface area contributed by atoms with Gasteiger partial charge in [0.25, 0.3) is 5.91 Å². The van der Waals surface area contributed by atoms with Crippen molar-refractivity contribution in [2.75, 3.05) is 51.2 Å². The molecule has 24 heavy (non-hydrogen) atoms. The molecule has 0 unspecified atom stereocenters. The summed E-state index contributed by atoms with van der Waals surface area (Å²) in [7, 11) is 2.11. The van der Waals surface area contributed by atoms with Crippen LogP contribution in [0.15, 0.2) is 24.3 Å². The van der Waals surface area contributed by atoms with Crippen LogP contribution in [0.1, 0.15) is 6.42 Å². The van der Waals surface area contributed by atoms with Gasteiger partial charge in [0.2, 0.25) is 5.91 Å². The minimum atomic E-state index is -0.491. The Morgan fingerprint density at radius 2 is 1.79 bits per heavy atom. The molecule has 2 aliphatic rings. The van der Waals surface area contributed by atoms with E-state index in [0.717, 1.165) is 37.6 Å². The number of anilines is 1. The van der Waals surface area contributed by atoms with E-state index < -0.39 is 6.04 Å². The lowest BCUT2D eigenvalue weighted by Crippen LogP contribution is -2.48. The smallest absolute Gasteiger partial charge is 0.251 e. The van der Waals surface area contributed by atoms with Crippen molar-refractivity contribution in [2.45, 2.75) is 12.5 Å². The van der Waals surface area contributed by atoms with Crippen LogP contribution < -0.4 is 10.2 Å². The molecule has 0 aliphatic carbocycles. The van der Waals surface area contributed by atoms with Gasteiger partial charge >= 0.3 is 0 Å². The topological polar surface area (TPSA) is 55.9 Å². The summed E-state index contributed by atoms with van der Waals surface area (Å²) in [5, 5.41) is 3.19. The number of likely N-dealkylation sites (N-methyl/N-ethyl adjacent to an activating group) is 1. The molecule has 2 heterocycles. The molecule has 130 valence electrons. The van der Waals surface area contributed by atoms with Gasteiger partial charge in [0.05, 0.1) is 18.2 Å². The third-order valence-corrected chi connectivity index (χ3v) is 4.65. The maximum Gasteiger partial charge on any atom is 0.251 e. The molecule has 0 aromatic heterocycles. The number of benzene rings is 1. The first-order valence-electron chi connectivity index (χ1n) is 8.31. The van der Waals surface area contributed by atoms with Gasteiger partial charge in [0, 0.05) is 39.3 Å². The molecule has 2 saturated heterocycles. The van der Waals surface area contributed by atoms with Gasteiger partial charge in [-0.3, -0.25) is 14.5 Å². The average Bonchev–Trinajstić information content (AvgIpc) is 2.85. The largest absolute Gasteiger partial charge is 0.304 e. The van der Waals surface area contributed by atoms with Gasteiger partial charge in [-0.2, -0.15) is 0 Å². The van der Waals surface area contributed by atoms with Crippen LogP contribution in [0.5, 0.6) is 0 Å². The average molecular weight is 334 g/mol. The van der Waals surface area contributed by atoms with Gasteiger partial charge in [-0.15, -0.1) is 0 Å². The second kappa shape index (κ2) is 7.38. The van der Waals surface area contributed by atoms with Gasteiger partial charge in [0.15, 0.2) is 0 Å². The van der Waals surface area contributed by atoms with Crippen molar-refractivity contribution in [3.05, 3.63) is 30.1 Å². The molecule has 2 fully saturated rings. The molecule has 0 radical (unpaired) electrons. The molecule has 0 spiro atoms. The minimum Gasteiger partial charge on any atom is -0.304 e. The van der Waals surface area contributed by atoms with E-state index in [0.29, 0.717) is 12.2 Å². The summed E-state index contributed by atoms with van der Waals surface area (Å²) < 4.78 is 13.0. The molecular weight excluding hydrogens is 311 g/mol. The predicted molar refractivity (Wildman–Crippen MR) is 89.2 cm³/mol. The van der Waals surface area contributed by atoms with Crippen molar-refractivity contribution in [2.24, 2.45) is 0 Å². The Kier molecular flexibility index (Phi) is 5.23. The third-order valence-electron chi connectivity index (χ3n) is 4.65. The summed E-state index contributed by atoms with van der Waals surface area (Å²) in [5.74, 6) is -0.895. The number of carbonyl (C=O) groups is 2. The number of carbonyl (C=O) groups excluding carboxylic acids is 2. The monoisotopic (exact) mass is 334 g/mol. The summed E-state index contributed by atoms with van der Waals surface area (Å²) in [5.41, 5.74) is 0.426. The Labute approximate surface area is 141 Å². The lowest BCUT2D eigenvalue weighted by atomic mass is 10.2. The van der Waals surface area contributed by atoms with Crippen molar-refractivity contribution in [3.8, 4) is 0 Å². The van der Waals surface area contributed by atoms with E-state index in [1.165, 1.54) is 24.3 Å². The zero-order chi connectivity index (χ0) is 17.1. The molecule has 0 saturated carbocycles. The molecule has 1 aromatic carbocycles. The standard InChI is InChI=1S/C17H23FN4O2/c1-20-8-10-21(11-9-20)7-6-19-15-12-16(23)22(17(15)24)14-4-2-13(18)3-5-14/h2-5,15,19H,6-12H2,1H3/t15-/m0/s1. The molecule has 0 bridgehead atoms. The first kappa shape index (κ1) is 17.0. The maximum atomic E-state index is 13.0. The van der Waals surface area contributed by atoms with Crippen LogP contribution in [0.25, 0.3) is 0 Å². The van der Waals surface area contributed by atoms with Crippen LogP contribution in [0.3, 0.4) is 0 Å². The van der Waals surface area contributed by atoms with E-state index in [-0.39, 0.29) is 24.1 Å². The normalized spacial score (nSPS) is 23.2. The second-order valence-corrected chi connectivity index (χ2v) is 6.40. The molecule has 2 amide bonds. The van der Waals surface area contributed by atoms with E-state index in [1.54, 1.807) is 0 Å². The van der Waals surface area contributed by atoms with E-state index >= 15 is 0 Å². The van der Waals surface area contributed by atoms with Crippen molar-refractivity contribution in [1.29, 1.82) is 0 Å². The van der Waals surface area contributed by atoms with Crippen LogP contribution in [0.4, 0.5) is 10.1 Å². The molecule has 1 N–H and O–H groups in total. The Bertz CT molecular complexity index is 599. The first-order chi connectivity index (χ1) is 11.5. The van der Waals surface area contributed by atoms with Crippen molar-refractivity contribution in [1.82, 2.24) is 15.1 Å². The van der Waals surface area contributed by atoms with Gasteiger partial charge in [-0.05, 0) is 31.3 Å². The van der Waals surface area contributed by atoms with E-state index in [9.17, 15) is 14.0 Å². The number of amides is 2. The SMILES string of the molecule is CN1CCN(CCN[C@H]2CC(=O)N(c3ccc(F)cc3)C2=O)CC1. The first-order valence-corrected chi connectivity index (χ1v) is 8.31. The number of piperazine rings is 1. The summed E-state index contributed by atoms with van der Waals surface area (Å²) >= 11 is 0. The van der Waals surface area contributed by atoms with Crippen molar-refractivity contribution in [3.63, 3.8) is 0 Å². The van der Waals surface area contributed by atoms with Gasteiger partial charge in [-0.25, -0.2) is 9.29 Å². The molecule has 1 aromatic rings. The van der Waals surface area contributed by atoms with Crippen molar-refractivity contribution >= 4 is 17.5 Å². The number of nitrogens with one attached hydrogen (secondary N) is 1. The summed E-state index contributed by atoms with van der Waals surface area (Å²) in [4.78, 5) is 30.4. The minimum absolute atomic E-state index is 0.152. The van der Waals surface area contributed by atoms with Crippen LogP contribution in [0, 0.1) is 5.82 Å². The Morgan fingerprint density at radius 1 is 1.12 bits per heavy atom. The Hall–Kier alpha value is -1.83. The highest BCUT2D eigenvalue weighted by molar-refractivity contribution is 6.22. The zero-order valence-corrected chi connectivity index (χ0v) is 13.9. The predicted octanol–water partition coefficient (Wildman–Crippen LogP) is 0.295. The van der Waals surface area contributed by atoms with Gasteiger partial charge in [-0.1, -0.05) is 0 Å². The molecule has 2 aliphatic heterocycles. The lowest BCUT2D eigenvalue weighted by molar-refractivity contribution is -0.121. The summed E-state index contributed by atoms with van der Waals surface area (Å²) in [6, 6.07) is 4.93. The quantitative estimate of drug-likeness (QED) is 0.785. The Morgan fingerprint density at radius 3 is 2.46 bits per heavy atom. The number of rotatable bonds is 5. The van der Waals surface area contributed by atoms with Crippen LogP contribution in [0.2, 0.25) is 0 Å². The lowest BCUT2D eigenvalue weighted by Gasteiger charge is -2.32. The van der Waals surface area contributed by atoms with Gasteiger partial charge in [0.1, 0.15) is 5.82 Å². The highest BCUT2D eigenvalue weighted by Crippen LogP contribution is 2.23. The second-order valence-electron chi connectivity index (χ2n) is 6.40. The van der Waals surface area contributed by atoms with Crippen LogP contribution in [-0.4, -0.2) is 74.0 Å². The van der Waals surface area contributed by atoms with Crippen LogP contribution in [-0.2, 0) is 9.59 Å². The van der Waals surface area contributed by atoms with E-state index in [1.807, 2.05) is 0 Å². The fourth-order valence-electron chi connectivity index (χ4n) is 3.12. The molecule has 1 atom stereocenters. The molecular formula is C17H23FN4O2. The number of hydrogen-bond donors (Lipinski definition) is 1. The van der Waals surface area contributed by atoms with E-state index in [2.05, 4.69) is 22.2 Å². The fraction of sp³-hybridized carbons (Fsp3) is 0.529. The number of halogens is 1. The van der Waals surface area contributed by atoms with Crippen molar-refractivity contribution < 1.29 is 14.0 Å². The number of hydrogen-bond acceptors (Lipinski definition) is 5. The maximum absolute atomic E-state index is 13.0. The number of imide groups is 1. The zero-order valence-electron chi connectivity index (χ0n) is 13.9. The highest BCUT2D eigenvalue weighted by atomic mass is 19.1. The molecule has 3 rings (SSSR count). The van der Waals surface area contributed by atoms with Gasteiger partial charge < -0.3 is 10.2 Å². The molecule has 7 heteroatoms. The highest BCUT2D eigenvalue weighted by Gasteiger charge is 2.39. The summed E-state index contributed by atoms with van der Waals surface area (Å²) in [6.07, 6.45) is 0.152. The fourth-order valence-corrected chi connectivity index (χ4v) is 3.12.